The van der Waals surface area contributed by atoms with Crippen molar-refractivity contribution in [2.75, 3.05) is 17.7 Å². The Balaban J connectivity index is 1.94. The van der Waals surface area contributed by atoms with Crippen molar-refractivity contribution in [3.8, 4) is 0 Å². The van der Waals surface area contributed by atoms with E-state index in [0.717, 1.165) is 5.69 Å². The summed E-state index contributed by atoms with van der Waals surface area (Å²) >= 11 is 1.35. The number of halogens is 1. The maximum absolute atomic E-state index is 12.7. The molecule has 0 bridgehead atoms. The Morgan fingerprint density at radius 2 is 2.00 bits per heavy atom. The summed E-state index contributed by atoms with van der Waals surface area (Å²) in [5.41, 5.74) is 1.39. The van der Waals surface area contributed by atoms with Gasteiger partial charge >= 0.3 is 6.03 Å². The molecule has 3 N–H and O–H groups in total. The van der Waals surface area contributed by atoms with Gasteiger partial charge in [0.05, 0.1) is 5.69 Å². The molecular formula is C13H15FN4OS. The minimum atomic E-state index is -0.408. The molecule has 0 radical (unpaired) electrons. The van der Waals surface area contributed by atoms with E-state index in [1.54, 1.807) is 0 Å². The minimum absolute atomic E-state index is 0.127. The summed E-state index contributed by atoms with van der Waals surface area (Å²) in [6.07, 6.45) is 0. The maximum atomic E-state index is 12.7. The number of hydrogen-bond donors (Lipinski definition) is 3. The molecule has 0 aliphatic rings. The molecule has 20 heavy (non-hydrogen) atoms. The Morgan fingerprint density at radius 1 is 1.30 bits per heavy atom. The zero-order chi connectivity index (χ0) is 14.5. The molecule has 7 heteroatoms. The van der Waals surface area contributed by atoms with Crippen LogP contribution in [0.15, 0.2) is 29.6 Å². The molecule has 0 aliphatic carbocycles. The van der Waals surface area contributed by atoms with Gasteiger partial charge in [-0.15, -0.1) is 11.3 Å². The number of thiazole rings is 1. The van der Waals surface area contributed by atoms with E-state index in [2.05, 4.69) is 20.9 Å². The van der Waals surface area contributed by atoms with E-state index in [0.29, 0.717) is 10.8 Å². The number of benzene rings is 1. The second-order valence-electron chi connectivity index (χ2n) is 4.17. The standard InChI is InChI=1S/C13H15FN4OS/c1-8(15-2)11-7-20-13(17-11)18-12(19)16-10-5-3-9(14)4-6-10/h3-8,15H,1-2H3,(H2,16,17,18,19). The number of anilines is 2. The van der Waals surface area contributed by atoms with Gasteiger partial charge in [-0.3, -0.25) is 5.32 Å². The average Bonchev–Trinajstić information content (AvgIpc) is 2.89. The van der Waals surface area contributed by atoms with Gasteiger partial charge in [-0.1, -0.05) is 0 Å². The second-order valence-corrected chi connectivity index (χ2v) is 5.03. The molecule has 5 nitrogen and oxygen atoms in total. The molecule has 2 aromatic rings. The molecule has 2 rings (SSSR count). The second kappa shape index (κ2) is 6.44. The predicted octanol–water partition coefficient (Wildman–Crippen LogP) is 3.21. The molecule has 0 saturated carbocycles. The molecule has 106 valence electrons. The van der Waals surface area contributed by atoms with Gasteiger partial charge in [-0.25, -0.2) is 14.2 Å². The van der Waals surface area contributed by atoms with Gasteiger partial charge in [0, 0.05) is 17.1 Å². The van der Waals surface area contributed by atoms with Crippen LogP contribution in [-0.2, 0) is 0 Å². The van der Waals surface area contributed by atoms with Crippen LogP contribution in [0, 0.1) is 5.82 Å². The molecule has 0 saturated heterocycles. The fourth-order valence-electron chi connectivity index (χ4n) is 1.48. The minimum Gasteiger partial charge on any atom is -0.312 e. The van der Waals surface area contributed by atoms with Gasteiger partial charge in [0.15, 0.2) is 5.13 Å². The van der Waals surface area contributed by atoms with E-state index in [-0.39, 0.29) is 11.9 Å². The number of urea groups is 1. The zero-order valence-electron chi connectivity index (χ0n) is 11.1. The van der Waals surface area contributed by atoms with E-state index in [9.17, 15) is 9.18 Å². The van der Waals surface area contributed by atoms with Crippen molar-refractivity contribution in [3.63, 3.8) is 0 Å². The number of carbonyl (C=O) groups excluding carboxylic acids is 1. The van der Waals surface area contributed by atoms with Gasteiger partial charge in [0.1, 0.15) is 5.82 Å². The third-order valence-electron chi connectivity index (χ3n) is 2.72. The average molecular weight is 294 g/mol. The summed E-state index contributed by atoms with van der Waals surface area (Å²) in [5, 5.41) is 10.7. The van der Waals surface area contributed by atoms with E-state index in [1.165, 1.54) is 35.6 Å². The van der Waals surface area contributed by atoms with Crippen molar-refractivity contribution < 1.29 is 9.18 Å². The number of hydrogen-bond acceptors (Lipinski definition) is 4. The lowest BCUT2D eigenvalue weighted by Crippen LogP contribution is -2.19. The number of aromatic nitrogens is 1. The van der Waals surface area contributed by atoms with Crippen LogP contribution in [0.25, 0.3) is 0 Å². The molecule has 2 amide bonds. The van der Waals surface area contributed by atoms with Crippen LogP contribution in [0.1, 0.15) is 18.7 Å². The highest BCUT2D eigenvalue weighted by Crippen LogP contribution is 2.20. The lowest BCUT2D eigenvalue weighted by Gasteiger charge is -2.06. The first-order chi connectivity index (χ1) is 9.58. The fourth-order valence-corrected chi connectivity index (χ4v) is 2.28. The Bertz CT molecular complexity index is 584. The summed E-state index contributed by atoms with van der Waals surface area (Å²) in [5.74, 6) is -0.346. The van der Waals surface area contributed by atoms with Crippen molar-refractivity contribution in [1.29, 1.82) is 0 Å². The third kappa shape index (κ3) is 3.75. The summed E-state index contributed by atoms with van der Waals surface area (Å²) < 4.78 is 12.7. The smallest absolute Gasteiger partial charge is 0.312 e. The molecular weight excluding hydrogens is 279 g/mol. The van der Waals surface area contributed by atoms with Crippen LogP contribution >= 0.6 is 11.3 Å². The zero-order valence-corrected chi connectivity index (χ0v) is 11.9. The van der Waals surface area contributed by atoms with E-state index < -0.39 is 6.03 Å². The van der Waals surface area contributed by atoms with Crippen molar-refractivity contribution >= 4 is 28.2 Å². The Labute approximate surface area is 120 Å². The van der Waals surface area contributed by atoms with E-state index >= 15 is 0 Å². The van der Waals surface area contributed by atoms with Crippen molar-refractivity contribution in [1.82, 2.24) is 10.3 Å². The SMILES string of the molecule is CNC(C)c1csc(NC(=O)Nc2ccc(F)cc2)n1. The highest BCUT2D eigenvalue weighted by Gasteiger charge is 2.10. The predicted molar refractivity (Wildman–Crippen MR) is 78.6 cm³/mol. The van der Waals surface area contributed by atoms with Crippen LogP contribution in [0.3, 0.4) is 0 Å². The first kappa shape index (κ1) is 14.4. The molecule has 1 atom stereocenters. The number of nitrogens with one attached hydrogen (secondary N) is 3. The van der Waals surface area contributed by atoms with Crippen LogP contribution in [0.5, 0.6) is 0 Å². The van der Waals surface area contributed by atoms with Crippen LogP contribution in [-0.4, -0.2) is 18.1 Å². The van der Waals surface area contributed by atoms with Crippen molar-refractivity contribution in [3.05, 3.63) is 41.2 Å². The first-order valence-electron chi connectivity index (χ1n) is 6.04. The monoisotopic (exact) mass is 294 g/mol. The molecule has 1 unspecified atom stereocenters. The van der Waals surface area contributed by atoms with Gasteiger partial charge in [-0.05, 0) is 38.2 Å². The molecule has 0 aliphatic heterocycles. The van der Waals surface area contributed by atoms with Gasteiger partial charge in [0.25, 0.3) is 0 Å². The van der Waals surface area contributed by atoms with Gasteiger partial charge in [0.2, 0.25) is 0 Å². The Hall–Kier alpha value is -1.99. The fraction of sp³-hybridized carbons (Fsp3) is 0.231. The van der Waals surface area contributed by atoms with Gasteiger partial charge in [-0.2, -0.15) is 0 Å². The van der Waals surface area contributed by atoms with E-state index in [4.69, 9.17) is 0 Å². The first-order valence-corrected chi connectivity index (χ1v) is 6.92. The summed E-state index contributed by atoms with van der Waals surface area (Å²) in [6, 6.07) is 5.27. The number of carbonyl (C=O) groups is 1. The highest BCUT2D eigenvalue weighted by atomic mass is 32.1. The normalized spacial score (nSPS) is 11.9. The lowest BCUT2D eigenvalue weighted by atomic mass is 10.3. The van der Waals surface area contributed by atoms with Crippen LogP contribution in [0.4, 0.5) is 20.0 Å². The highest BCUT2D eigenvalue weighted by molar-refractivity contribution is 7.13. The molecule has 0 spiro atoms. The van der Waals surface area contributed by atoms with Crippen LogP contribution in [0.2, 0.25) is 0 Å². The molecule has 1 aromatic carbocycles. The summed E-state index contributed by atoms with van der Waals surface area (Å²) in [6.45, 7) is 1.98. The summed E-state index contributed by atoms with van der Waals surface area (Å²) in [4.78, 5) is 16.1. The topological polar surface area (TPSA) is 66.0 Å². The number of rotatable bonds is 4. The maximum Gasteiger partial charge on any atom is 0.325 e. The van der Waals surface area contributed by atoms with Crippen molar-refractivity contribution in [2.24, 2.45) is 0 Å². The third-order valence-corrected chi connectivity index (χ3v) is 3.50. The Morgan fingerprint density at radius 3 is 2.65 bits per heavy atom. The largest absolute Gasteiger partial charge is 0.325 e. The molecule has 1 heterocycles. The lowest BCUT2D eigenvalue weighted by molar-refractivity contribution is 0.262. The van der Waals surface area contributed by atoms with Crippen molar-refractivity contribution in [2.45, 2.75) is 13.0 Å². The number of nitrogens with zero attached hydrogens (tertiary/aromatic N) is 1. The van der Waals surface area contributed by atoms with Crippen LogP contribution < -0.4 is 16.0 Å². The number of amides is 2. The Kier molecular flexibility index (Phi) is 4.65. The quantitative estimate of drug-likeness (QED) is 0.811. The molecule has 1 aromatic heterocycles. The van der Waals surface area contributed by atoms with Gasteiger partial charge < -0.3 is 10.6 Å². The van der Waals surface area contributed by atoms with E-state index in [1.807, 2.05) is 19.4 Å². The molecule has 0 fully saturated rings. The summed E-state index contributed by atoms with van der Waals surface area (Å²) in [7, 11) is 1.85.